The Bertz CT molecular complexity index is 1140. The van der Waals surface area contributed by atoms with Crippen molar-refractivity contribution in [2.24, 2.45) is 0 Å². The first-order chi connectivity index (χ1) is 16.1. The number of carbonyl (C=O) groups is 1. The monoisotopic (exact) mass is 443 g/mol. The van der Waals surface area contributed by atoms with Crippen molar-refractivity contribution in [2.45, 2.75) is 6.54 Å². The molecule has 1 saturated heterocycles. The SMILES string of the molecule is O=C(NCc1ccc(N2CCOCC2)cc1)/C(=C/c1cccc([N+](=O)[O-])c1)c1ccccc1. The summed E-state index contributed by atoms with van der Waals surface area (Å²) in [4.78, 5) is 26.1. The van der Waals surface area contributed by atoms with Crippen LogP contribution in [0.5, 0.6) is 0 Å². The minimum absolute atomic E-state index is 0.0167. The van der Waals surface area contributed by atoms with Crippen LogP contribution in [0.4, 0.5) is 11.4 Å². The lowest BCUT2D eigenvalue weighted by Crippen LogP contribution is -2.36. The molecule has 4 rings (SSSR count). The third-order valence-electron chi connectivity index (χ3n) is 5.49. The third-order valence-corrected chi connectivity index (χ3v) is 5.49. The van der Waals surface area contributed by atoms with Crippen molar-refractivity contribution in [3.05, 3.63) is 106 Å². The summed E-state index contributed by atoms with van der Waals surface area (Å²) in [5, 5.41) is 14.1. The number of hydrogen-bond acceptors (Lipinski definition) is 5. The van der Waals surface area contributed by atoms with E-state index >= 15 is 0 Å². The molecule has 7 nitrogen and oxygen atoms in total. The molecule has 0 radical (unpaired) electrons. The fourth-order valence-corrected chi connectivity index (χ4v) is 3.72. The highest BCUT2D eigenvalue weighted by Crippen LogP contribution is 2.22. The van der Waals surface area contributed by atoms with E-state index in [1.165, 1.54) is 12.1 Å². The van der Waals surface area contributed by atoms with Crippen molar-refractivity contribution in [3.63, 3.8) is 0 Å². The molecule has 0 bridgehead atoms. The maximum absolute atomic E-state index is 13.1. The van der Waals surface area contributed by atoms with Crippen LogP contribution in [0, 0.1) is 10.1 Å². The molecule has 0 spiro atoms. The fraction of sp³-hybridized carbons (Fsp3) is 0.192. The first-order valence-electron chi connectivity index (χ1n) is 10.8. The maximum atomic E-state index is 13.1. The molecule has 0 unspecified atom stereocenters. The van der Waals surface area contributed by atoms with Gasteiger partial charge in [0.1, 0.15) is 0 Å². The van der Waals surface area contributed by atoms with Gasteiger partial charge >= 0.3 is 0 Å². The van der Waals surface area contributed by atoms with Gasteiger partial charge in [-0.3, -0.25) is 14.9 Å². The molecule has 1 amide bonds. The van der Waals surface area contributed by atoms with E-state index in [4.69, 9.17) is 4.74 Å². The van der Waals surface area contributed by atoms with Crippen molar-refractivity contribution in [1.29, 1.82) is 0 Å². The van der Waals surface area contributed by atoms with Crippen molar-refractivity contribution in [1.82, 2.24) is 5.32 Å². The number of ether oxygens (including phenoxy) is 1. The highest BCUT2D eigenvalue weighted by molar-refractivity contribution is 6.24. The number of amides is 1. The lowest BCUT2D eigenvalue weighted by atomic mass is 10.0. The molecule has 168 valence electrons. The molecule has 1 aliphatic heterocycles. The molecule has 3 aromatic rings. The molecule has 1 aliphatic rings. The summed E-state index contributed by atoms with van der Waals surface area (Å²) in [7, 11) is 0. The molecule has 0 saturated carbocycles. The molecule has 1 heterocycles. The van der Waals surface area contributed by atoms with Crippen LogP contribution in [0.25, 0.3) is 11.6 Å². The Labute approximate surface area is 192 Å². The minimum atomic E-state index is -0.444. The molecular formula is C26H25N3O4. The van der Waals surface area contributed by atoms with E-state index in [1.54, 1.807) is 18.2 Å². The average Bonchev–Trinajstić information content (AvgIpc) is 2.87. The number of rotatable bonds is 7. The van der Waals surface area contributed by atoms with Crippen LogP contribution >= 0.6 is 0 Å². The van der Waals surface area contributed by atoms with Gasteiger partial charge in [0.15, 0.2) is 0 Å². The second kappa shape index (κ2) is 10.6. The van der Waals surface area contributed by atoms with Crippen molar-refractivity contribution < 1.29 is 14.5 Å². The summed E-state index contributed by atoms with van der Waals surface area (Å²) in [5.74, 6) is -0.245. The second-order valence-electron chi connectivity index (χ2n) is 7.72. The summed E-state index contributed by atoms with van der Waals surface area (Å²) >= 11 is 0. The third kappa shape index (κ3) is 5.84. The van der Waals surface area contributed by atoms with E-state index in [-0.39, 0.29) is 11.6 Å². The van der Waals surface area contributed by atoms with E-state index in [2.05, 4.69) is 22.3 Å². The van der Waals surface area contributed by atoms with Gasteiger partial charge in [0.2, 0.25) is 0 Å². The van der Waals surface area contributed by atoms with Crippen LogP contribution in [-0.2, 0) is 16.1 Å². The second-order valence-corrected chi connectivity index (χ2v) is 7.72. The molecule has 7 heteroatoms. The number of nitro groups is 1. The van der Waals surface area contributed by atoms with Crippen molar-refractivity contribution in [2.75, 3.05) is 31.2 Å². The molecule has 1 N–H and O–H groups in total. The summed E-state index contributed by atoms with van der Waals surface area (Å²) in [6, 6.07) is 23.7. The Kier molecular flexibility index (Phi) is 7.12. The smallest absolute Gasteiger partial charge is 0.270 e. The van der Waals surface area contributed by atoms with E-state index in [0.29, 0.717) is 17.7 Å². The zero-order valence-electron chi connectivity index (χ0n) is 18.1. The van der Waals surface area contributed by atoms with Crippen LogP contribution in [0.3, 0.4) is 0 Å². The van der Waals surface area contributed by atoms with Gasteiger partial charge in [-0.2, -0.15) is 0 Å². The normalized spacial score (nSPS) is 14.1. The lowest BCUT2D eigenvalue weighted by molar-refractivity contribution is -0.384. The van der Waals surface area contributed by atoms with Crippen molar-refractivity contribution in [3.8, 4) is 0 Å². The quantitative estimate of drug-likeness (QED) is 0.255. The zero-order chi connectivity index (χ0) is 23.0. The molecule has 3 aromatic carbocycles. The highest BCUT2D eigenvalue weighted by Gasteiger charge is 2.14. The van der Waals surface area contributed by atoms with Gasteiger partial charge in [-0.05, 0) is 34.9 Å². The Morgan fingerprint density at radius 3 is 2.42 bits per heavy atom. The number of anilines is 1. The molecular weight excluding hydrogens is 418 g/mol. The van der Waals surface area contributed by atoms with Crippen LogP contribution in [0.15, 0.2) is 78.9 Å². The number of hydrogen-bond donors (Lipinski definition) is 1. The molecule has 0 atom stereocenters. The van der Waals surface area contributed by atoms with Crippen molar-refractivity contribution >= 4 is 28.9 Å². The molecule has 1 fully saturated rings. The summed E-state index contributed by atoms with van der Waals surface area (Å²) in [6.45, 7) is 3.59. The highest BCUT2D eigenvalue weighted by atomic mass is 16.6. The van der Waals surface area contributed by atoms with Gasteiger partial charge in [-0.15, -0.1) is 0 Å². The van der Waals surface area contributed by atoms with Crippen LogP contribution in [0.1, 0.15) is 16.7 Å². The number of carbonyl (C=O) groups excluding carboxylic acids is 1. The van der Waals surface area contributed by atoms with Gasteiger partial charge in [0.25, 0.3) is 11.6 Å². The molecule has 33 heavy (non-hydrogen) atoms. The zero-order valence-corrected chi connectivity index (χ0v) is 18.1. The van der Waals surface area contributed by atoms with E-state index in [1.807, 2.05) is 42.5 Å². The van der Waals surface area contributed by atoms with Gasteiger partial charge in [-0.1, -0.05) is 54.6 Å². The summed E-state index contributed by atoms with van der Waals surface area (Å²) < 4.78 is 5.40. The largest absolute Gasteiger partial charge is 0.378 e. The number of nitro benzene ring substituents is 1. The van der Waals surface area contributed by atoms with Crippen LogP contribution < -0.4 is 10.2 Å². The topological polar surface area (TPSA) is 84.7 Å². The Morgan fingerprint density at radius 2 is 1.73 bits per heavy atom. The number of morpholine rings is 1. The Hall–Kier alpha value is -3.97. The Morgan fingerprint density at radius 1 is 1.00 bits per heavy atom. The number of benzene rings is 3. The first kappa shape index (κ1) is 22.2. The maximum Gasteiger partial charge on any atom is 0.270 e. The van der Waals surface area contributed by atoms with E-state index in [9.17, 15) is 14.9 Å². The standard InChI is InChI=1S/C26H25N3O4/c30-26(27-19-20-9-11-23(12-10-20)28-13-15-33-16-14-28)25(22-6-2-1-3-7-22)18-21-5-4-8-24(17-21)29(31)32/h1-12,17-18H,13-16,19H2,(H,27,30)/b25-18+. The van der Waals surface area contributed by atoms with Gasteiger partial charge < -0.3 is 15.0 Å². The van der Waals surface area contributed by atoms with Crippen LogP contribution in [-0.4, -0.2) is 37.1 Å². The number of nitrogens with one attached hydrogen (secondary N) is 1. The van der Waals surface area contributed by atoms with E-state index < -0.39 is 4.92 Å². The van der Waals surface area contributed by atoms with E-state index in [0.717, 1.165) is 43.1 Å². The predicted molar refractivity (Wildman–Crippen MR) is 129 cm³/mol. The minimum Gasteiger partial charge on any atom is -0.378 e. The number of nitrogens with zero attached hydrogens (tertiary/aromatic N) is 2. The lowest BCUT2D eigenvalue weighted by Gasteiger charge is -2.28. The summed E-state index contributed by atoms with van der Waals surface area (Å²) in [5.41, 5.74) is 3.89. The van der Waals surface area contributed by atoms with Crippen LogP contribution in [0.2, 0.25) is 0 Å². The van der Waals surface area contributed by atoms with Gasteiger partial charge in [0, 0.05) is 43.0 Å². The first-order valence-corrected chi connectivity index (χ1v) is 10.8. The predicted octanol–water partition coefficient (Wildman–Crippen LogP) is 4.29. The molecule has 0 aliphatic carbocycles. The Balaban J connectivity index is 1.50. The number of non-ortho nitro benzene ring substituents is 1. The van der Waals surface area contributed by atoms with Gasteiger partial charge in [0.05, 0.1) is 18.1 Å². The van der Waals surface area contributed by atoms with Gasteiger partial charge in [-0.25, -0.2) is 0 Å². The summed E-state index contributed by atoms with van der Waals surface area (Å²) in [6.07, 6.45) is 1.68. The molecule has 0 aromatic heterocycles. The fourth-order valence-electron chi connectivity index (χ4n) is 3.72. The average molecular weight is 444 g/mol.